The quantitative estimate of drug-likeness (QED) is 0.863. The second kappa shape index (κ2) is 6.46. The number of hydrogen-bond donors (Lipinski definition) is 1. The third kappa shape index (κ3) is 4.00. The Bertz CT molecular complexity index is 426. The maximum absolute atomic E-state index is 5.85. The van der Waals surface area contributed by atoms with Crippen molar-refractivity contribution in [3.05, 3.63) is 23.2 Å². The summed E-state index contributed by atoms with van der Waals surface area (Å²) in [4.78, 5) is 2.39. The van der Waals surface area contributed by atoms with Crippen molar-refractivity contribution >= 4 is 17.3 Å². The molecule has 1 fully saturated rings. The van der Waals surface area contributed by atoms with Gasteiger partial charge < -0.3 is 15.2 Å². The summed E-state index contributed by atoms with van der Waals surface area (Å²) < 4.78 is 11.4. The largest absolute Gasteiger partial charge is 0.489 e. The van der Waals surface area contributed by atoms with Crippen molar-refractivity contribution in [1.82, 2.24) is 4.90 Å². The summed E-state index contributed by atoms with van der Waals surface area (Å²) in [5.74, 6) is 0.662. The fourth-order valence-electron chi connectivity index (χ4n) is 2.15. The van der Waals surface area contributed by atoms with Crippen molar-refractivity contribution in [2.45, 2.75) is 26.0 Å². The highest BCUT2D eigenvalue weighted by atomic mass is 35.5. The normalized spacial score (nSPS) is 20.7. The van der Waals surface area contributed by atoms with Crippen molar-refractivity contribution < 1.29 is 9.47 Å². The van der Waals surface area contributed by atoms with Crippen LogP contribution in [0.4, 0.5) is 5.69 Å². The first-order valence-electron chi connectivity index (χ1n) is 6.59. The zero-order chi connectivity index (χ0) is 13.8. The molecule has 0 amide bonds. The Kier molecular flexibility index (Phi) is 4.91. The number of nitrogens with two attached hydrogens (primary N) is 1. The van der Waals surface area contributed by atoms with Gasteiger partial charge >= 0.3 is 0 Å². The van der Waals surface area contributed by atoms with Gasteiger partial charge in [0, 0.05) is 24.2 Å². The fraction of sp³-hybridized carbons (Fsp3) is 0.571. The highest BCUT2D eigenvalue weighted by Gasteiger charge is 2.22. The molecule has 1 aliphatic rings. The molecule has 0 spiro atoms. The molecule has 4 nitrogen and oxygen atoms in total. The van der Waals surface area contributed by atoms with Gasteiger partial charge in [-0.15, -0.1) is 0 Å². The monoisotopic (exact) mass is 284 g/mol. The summed E-state index contributed by atoms with van der Waals surface area (Å²) in [6.07, 6.45) is 0.0891. The van der Waals surface area contributed by atoms with Crippen molar-refractivity contribution in [2.75, 3.05) is 32.0 Å². The van der Waals surface area contributed by atoms with E-state index >= 15 is 0 Å². The molecule has 1 heterocycles. The van der Waals surface area contributed by atoms with Crippen molar-refractivity contribution in [2.24, 2.45) is 0 Å². The van der Waals surface area contributed by atoms with E-state index in [1.54, 1.807) is 18.2 Å². The highest BCUT2D eigenvalue weighted by molar-refractivity contribution is 6.30. The van der Waals surface area contributed by atoms with Gasteiger partial charge in [-0.05, 0) is 32.0 Å². The van der Waals surface area contributed by atoms with E-state index in [0.717, 1.165) is 19.7 Å². The average molecular weight is 285 g/mol. The van der Waals surface area contributed by atoms with Crippen LogP contribution in [0.25, 0.3) is 0 Å². The van der Waals surface area contributed by atoms with Crippen molar-refractivity contribution in [3.8, 4) is 5.75 Å². The van der Waals surface area contributed by atoms with E-state index < -0.39 is 0 Å². The van der Waals surface area contributed by atoms with Gasteiger partial charge in [0.1, 0.15) is 18.5 Å². The van der Waals surface area contributed by atoms with Gasteiger partial charge in [0.15, 0.2) is 0 Å². The van der Waals surface area contributed by atoms with E-state index in [1.165, 1.54) is 0 Å². The van der Waals surface area contributed by atoms with Crippen LogP contribution in [0.15, 0.2) is 18.2 Å². The summed E-state index contributed by atoms with van der Waals surface area (Å²) >= 11 is 5.85. The molecule has 2 rings (SSSR count). The van der Waals surface area contributed by atoms with E-state index in [2.05, 4.69) is 18.7 Å². The predicted octanol–water partition coefficient (Wildman–Crippen LogP) is 2.41. The van der Waals surface area contributed by atoms with Gasteiger partial charge in [-0.1, -0.05) is 11.6 Å². The molecule has 5 heteroatoms. The van der Waals surface area contributed by atoms with Crippen LogP contribution in [0.2, 0.25) is 5.02 Å². The maximum atomic E-state index is 5.85. The Morgan fingerprint density at radius 3 is 3.00 bits per heavy atom. The molecule has 1 aliphatic heterocycles. The Labute approximate surface area is 119 Å². The van der Waals surface area contributed by atoms with E-state index in [9.17, 15) is 0 Å². The lowest BCUT2D eigenvalue weighted by Gasteiger charge is -2.35. The number of anilines is 1. The summed E-state index contributed by atoms with van der Waals surface area (Å²) in [5, 5.41) is 0.616. The van der Waals surface area contributed by atoms with Crippen LogP contribution in [-0.2, 0) is 4.74 Å². The molecule has 1 aromatic carbocycles. The number of morpholine rings is 1. The molecular formula is C14H21ClN2O2. The first-order valence-corrected chi connectivity index (χ1v) is 6.97. The van der Waals surface area contributed by atoms with E-state index in [4.69, 9.17) is 26.8 Å². The molecule has 1 unspecified atom stereocenters. The number of nitrogens with zero attached hydrogens (tertiary/aromatic N) is 1. The van der Waals surface area contributed by atoms with Gasteiger partial charge in [-0.25, -0.2) is 0 Å². The smallest absolute Gasteiger partial charge is 0.142 e. The summed E-state index contributed by atoms with van der Waals surface area (Å²) in [5.41, 5.74) is 6.41. The van der Waals surface area contributed by atoms with Crippen molar-refractivity contribution in [3.63, 3.8) is 0 Å². The third-order valence-electron chi connectivity index (χ3n) is 3.30. The van der Waals surface area contributed by atoms with E-state index in [1.807, 2.05) is 0 Å². The Balaban J connectivity index is 1.88. The fourth-order valence-corrected chi connectivity index (χ4v) is 2.33. The average Bonchev–Trinajstić information content (AvgIpc) is 2.38. The van der Waals surface area contributed by atoms with Crippen LogP contribution >= 0.6 is 11.6 Å². The molecule has 1 atom stereocenters. The Morgan fingerprint density at radius 1 is 1.53 bits per heavy atom. The van der Waals surface area contributed by atoms with Crippen LogP contribution in [0, 0.1) is 0 Å². The minimum Gasteiger partial charge on any atom is -0.489 e. The molecule has 106 valence electrons. The molecule has 0 radical (unpaired) electrons. The molecule has 0 aliphatic carbocycles. The number of rotatable bonds is 4. The van der Waals surface area contributed by atoms with Gasteiger partial charge in [-0.3, -0.25) is 4.90 Å². The van der Waals surface area contributed by atoms with E-state index in [-0.39, 0.29) is 6.10 Å². The topological polar surface area (TPSA) is 47.7 Å². The first kappa shape index (κ1) is 14.4. The number of nitrogen functional groups attached to an aromatic ring is 1. The molecule has 0 bridgehead atoms. The molecule has 1 saturated heterocycles. The lowest BCUT2D eigenvalue weighted by molar-refractivity contribution is -0.0563. The summed E-state index contributed by atoms with van der Waals surface area (Å²) in [6, 6.07) is 5.79. The van der Waals surface area contributed by atoms with Crippen LogP contribution < -0.4 is 10.5 Å². The number of benzene rings is 1. The second-order valence-electron chi connectivity index (χ2n) is 5.07. The number of hydrogen-bond acceptors (Lipinski definition) is 4. The molecule has 0 saturated carbocycles. The van der Waals surface area contributed by atoms with Gasteiger partial charge in [0.25, 0.3) is 0 Å². The Hall–Kier alpha value is -0.970. The lowest BCUT2D eigenvalue weighted by atomic mass is 10.2. The van der Waals surface area contributed by atoms with Crippen LogP contribution in [-0.4, -0.2) is 43.3 Å². The van der Waals surface area contributed by atoms with Crippen molar-refractivity contribution in [1.29, 1.82) is 0 Å². The van der Waals surface area contributed by atoms with Gasteiger partial charge in [-0.2, -0.15) is 0 Å². The van der Waals surface area contributed by atoms with E-state index in [0.29, 0.717) is 29.1 Å². The lowest BCUT2D eigenvalue weighted by Crippen LogP contribution is -2.47. The van der Waals surface area contributed by atoms with Gasteiger partial charge in [0.05, 0.1) is 12.3 Å². The third-order valence-corrected chi connectivity index (χ3v) is 3.53. The van der Waals surface area contributed by atoms with Crippen LogP contribution in [0.1, 0.15) is 13.8 Å². The second-order valence-corrected chi connectivity index (χ2v) is 5.51. The Morgan fingerprint density at radius 2 is 2.32 bits per heavy atom. The minimum atomic E-state index is 0.0891. The minimum absolute atomic E-state index is 0.0891. The highest BCUT2D eigenvalue weighted by Crippen LogP contribution is 2.25. The molecular weight excluding hydrogens is 264 g/mol. The molecule has 0 aromatic heterocycles. The standard InChI is InChI=1S/C14H21ClN2O2/c1-10(2)17-5-6-18-12(8-17)9-19-14-4-3-11(15)7-13(14)16/h3-4,7,10,12H,5-6,8-9,16H2,1-2H3. The maximum Gasteiger partial charge on any atom is 0.142 e. The number of halogens is 1. The SMILES string of the molecule is CC(C)N1CCOC(COc2ccc(Cl)cc2N)C1. The van der Waals surface area contributed by atoms with Crippen LogP contribution in [0.3, 0.4) is 0 Å². The molecule has 1 aromatic rings. The molecule has 19 heavy (non-hydrogen) atoms. The summed E-state index contributed by atoms with van der Waals surface area (Å²) in [7, 11) is 0. The zero-order valence-electron chi connectivity index (χ0n) is 11.4. The van der Waals surface area contributed by atoms with Crippen LogP contribution in [0.5, 0.6) is 5.75 Å². The predicted molar refractivity (Wildman–Crippen MR) is 77.8 cm³/mol. The van der Waals surface area contributed by atoms with Gasteiger partial charge in [0.2, 0.25) is 0 Å². The molecule has 2 N–H and O–H groups in total. The number of ether oxygens (including phenoxy) is 2. The zero-order valence-corrected chi connectivity index (χ0v) is 12.2. The first-order chi connectivity index (χ1) is 9.06. The summed E-state index contributed by atoms with van der Waals surface area (Å²) in [6.45, 7) is 7.53.